The lowest BCUT2D eigenvalue weighted by atomic mass is 10.1. The van der Waals surface area contributed by atoms with E-state index in [0.29, 0.717) is 5.02 Å². The van der Waals surface area contributed by atoms with Crippen LogP contribution in [-0.4, -0.2) is 36.2 Å². The fraction of sp³-hybridized carbons (Fsp3) is 0.500. The smallest absolute Gasteiger partial charge is 0.139 e. The number of piperazine rings is 1. The van der Waals surface area contributed by atoms with Crippen LogP contribution >= 0.6 is 27.5 Å². The lowest BCUT2D eigenvalue weighted by Crippen LogP contribution is -2.44. The molecule has 1 aromatic carbocycles. The fourth-order valence-corrected chi connectivity index (χ4v) is 3.00. The monoisotopic (exact) mass is 318 g/mol. The highest BCUT2D eigenvalue weighted by Gasteiger charge is 2.21. The summed E-state index contributed by atoms with van der Waals surface area (Å²) in [6.07, 6.45) is 0. The number of nitrogens with one attached hydrogen (secondary N) is 1. The number of halogens is 2. The molecule has 0 amide bonds. The predicted molar refractivity (Wildman–Crippen MR) is 73.7 cm³/mol. The molecule has 0 saturated carbocycles. The van der Waals surface area contributed by atoms with Crippen molar-refractivity contribution in [2.24, 2.45) is 0 Å². The van der Waals surface area contributed by atoms with Gasteiger partial charge in [-0.2, -0.15) is 0 Å². The second-order valence-electron chi connectivity index (χ2n) is 4.29. The summed E-state index contributed by atoms with van der Waals surface area (Å²) in [4.78, 5) is 2.34. The summed E-state index contributed by atoms with van der Waals surface area (Å²) < 4.78 is 0.900. The number of rotatable bonds is 2. The number of hydrogen-bond donors (Lipinski definition) is 2. The van der Waals surface area contributed by atoms with E-state index < -0.39 is 0 Å². The molecule has 0 aliphatic carbocycles. The van der Waals surface area contributed by atoms with E-state index in [1.165, 1.54) is 0 Å². The zero-order chi connectivity index (χ0) is 12.4. The Hall–Kier alpha value is -0.290. The number of hydrogen-bond acceptors (Lipinski definition) is 3. The largest absolute Gasteiger partial charge is 0.506 e. The topological polar surface area (TPSA) is 35.5 Å². The van der Waals surface area contributed by atoms with Crippen molar-refractivity contribution < 1.29 is 5.11 Å². The molecule has 1 fully saturated rings. The van der Waals surface area contributed by atoms with Gasteiger partial charge in [-0.3, -0.25) is 4.90 Å². The van der Waals surface area contributed by atoms with Crippen LogP contribution in [0.4, 0.5) is 0 Å². The number of phenolic OH excluding ortho intramolecular Hbond substituents is 1. The lowest BCUT2D eigenvalue weighted by Gasteiger charge is -2.33. The van der Waals surface area contributed by atoms with Crippen molar-refractivity contribution in [3.05, 3.63) is 27.2 Å². The van der Waals surface area contributed by atoms with Gasteiger partial charge >= 0.3 is 0 Å². The second kappa shape index (κ2) is 5.57. The molecule has 1 aromatic rings. The van der Waals surface area contributed by atoms with Gasteiger partial charge in [0.1, 0.15) is 5.75 Å². The normalized spacial score (nSPS) is 19.2. The van der Waals surface area contributed by atoms with Crippen molar-refractivity contribution in [3.63, 3.8) is 0 Å². The Labute approximate surface area is 115 Å². The van der Waals surface area contributed by atoms with Gasteiger partial charge in [0, 0.05) is 42.3 Å². The van der Waals surface area contributed by atoms with Crippen LogP contribution in [0.3, 0.4) is 0 Å². The Morgan fingerprint density at radius 3 is 2.71 bits per heavy atom. The standard InChI is InChI=1S/C12H16BrClN2O/c1-8(16-4-2-15-3-5-16)10-6-9(13)7-11(14)12(10)17/h6-8,15,17H,2-5H2,1H3/t8-/m0/s1. The van der Waals surface area contributed by atoms with Gasteiger partial charge in [-0.05, 0) is 19.1 Å². The van der Waals surface area contributed by atoms with E-state index in [1.54, 1.807) is 6.07 Å². The molecule has 0 bridgehead atoms. The summed E-state index contributed by atoms with van der Waals surface area (Å²) >= 11 is 9.40. The van der Waals surface area contributed by atoms with Crippen molar-refractivity contribution >= 4 is 27.5 Å². The number of aromatic hydroxyl groups is 1. The summed E-state index contributed by atoms with van der Waals surface area (Å²) in [6.45, 7) is 6.07. The molecule has 1 aliphatic heterocycles. The van der Waals surface area contributed by atoms with E-state index in [-0.39, 0.29) is 11.8 Å². The van der Waals surface area contributed by atoms with E-state index in [9.17, 15) is 5.11 Å². The molecular formula is C12H16BrClN2O. The number of nitrogens with zero attached hydrogens (tertiary/aromatic N) is 1. The molecule has 2 rings (SSSR count). The maximum absolute atomic E-state index is 10.0. The Balaban J connectivity index is 2.26. The van der Waals surface area contributed by atoms with Crippen molar-refractivity contribution in [1.29, 1.82) is 0 Å². The molecule has 3 nitrogen and oxygen atoms in total. The van der Waals surface area contributed by atoms with Gasteiger partial charge in [0.15, 0.2) is 0 Å². The minimum Gasteiger partial charge on any atom is -0.506 e. The van der Waals surface area contributed by atoms with Crippen molar-refractivity contribution in [3.8, 4) is 5.75 Å². The van der Waals surface area contributed by atoms with Gasteiger partial charge in [-0.15, -0.1) is 0 Å². The highest BCUT2D eigenvalue weighted by Crippen LogP contribution is 2.36. The van der Waals surface area contributed by atoms with E-state index in [1.807, 2.05) is 6.07 Å². The van der Waals surface area contributed by atoms with E-state index in [4.69, 9.17) is 11.6 Å². The minimum atomic E-state index is 0.173. The zero-order valence-corrected chi connectivity index (χ0v) is 12.1. The van der Waals surface area contributed by atoms with Gasteiger partial charge in [-0.25, -0.2) is 0 Å². The third-order valence-electron chi connectivity index (χ3n) is 3.21. The third-order valence-corrected chi connectivity index (χ3v) is 3.95. The van der Waals surface area contributed by atoms with Crippen LogP contribution in [0.1, 0.15) is 18.5 Å². The van der Waals surface area contributed by atoms with Crippen LogP contribution in [0.2, 0.25) is 5.02 Å². The molecule has 1 saturated heterocycles. The maximum Gasteiger partial charge on any atom is 0.139 e. The Morgan fingerprint density at radius 2 is 2.06 bits per heavy atom. The summed E-state index contributed by atoms with van der Waals surface area (Å²) in [5.74, 6) is 0.195. The van der Waals surface area contributed by atoms with Gasteiger partial charge in [-0.1, -0.05) is 27.5 Å². The van der Waals surface area contributed by atoms with Crippen LogP contribution in [0.25, 0.3) is 0 Å². The Morgan fingerprint density at radius 1 is 1.41 bits per heavy atom. The molecule has 0 spiro atoms. The van der Waals surface area contributed by atoms with Gasteiger partial charge in [0.2, 0.25) is 0 Å². The Bertz CT molecular complexity index is 408. The van der Waals surface area contributed by atoms with Gasteiger partial charge in [0.05, 0.1) is 5.02 Å². The average Bonchev–Trinajstić information content (AvgIpc) is 2.34. The molecule has 5 heteroatoms. The summed E-state index contributed by atoms with van der Waals surface area (Å²) in [5.41, 5.74) is 0.881. The molecule has 0 radical (unpaired) electrons. The van der Waals surface area contributed by atoms with Gasteiger partial charge in [0.25, 0.3) is 0 Å². The van der Waals surface area contributed by atoms with Crippen LogP contribution in [0.5, 0.6) is 5.75 Å². The molecule has 2 N–H and O–H groups in total. The molecular weight excluding hydrogens is 304 g/mol. The van der Waals surface area contributed by atoms with E-state index >= 15 is 0 Å². The first-order chi connectivity index (χ1) is 8.09. The molecule has 94 valence electrons. The SMILES string of the molecule is C[C@@H](c1cc(Br)cc(Cl)c1O)N1CCNCC1. The molecule has 1 heterocycles. The van der Waals surface area contributed by atoms with Crippen LogP contribution in [0.15, 0.2) is 16.6 Å². The van der Waals surface area contributed by atoms with E-state index in [0.717, 1.165) is 36.2 Å². The first kappa shape index (κ1) is 13.1. The molecule has 0 unspecified atom stereocenters. The first-order valence-electron chi connectivity index (χ1n) is 5.72. The Kier molecular flexibility index (Phi) is 4.31. The minimum absolute atomic E-state index is 0.173. The molecule has 1 atom stereocenters. The predicted octanol–water partition coefficient (Wildman–Crippen LogP) is 2.77. The van der Waals surface area contributed by atoms with Crippen molar-refractivity contribution in [2.45, 2.75) is 13.0 Å². The van der Waals surface area contributed by atoms with Crippen molar-refractivity contribution in [2.75, 3.05) is 26.2 Å². The molecule has 0 aromatic heterocycles. The van der Waals surface area contributed by atoms with Crippen LogP contribution < -0.4 is 5.32 Å². The van der Waals surface area contributed by atoms with Crippen molar-refractivity contribution in [1.82, 2.24) is 10.2 Å². The summed E-state index contributed by atoms with van der Waals surface area (Å²) in [7, 11) is 0. The molecule has 17 heavy (non-hydrogen) atoms. The highest BCUT2D eigenvalue weighted by atomic mass is 79.9. The maximum atomic E-state index is 10.0. The number of phenols is 1. The fourth-order valence-electron chi connectivity index (χ4n) is 2.17. The van der Waals surface area contributed by atoms with Gasteiger partial charge < -0.3 is 10.4 Å². The summed E-state index contributed by atoms with van der Waals surface area (Å²) in [5, 5.41) is 13.7. The quantitative estimate of drug-likeness (QED) is 0.880. The number of benzene rings is 1. The lowest BCUT2D eigenvalue weighted by molar-refractivity contribution is 0.183. The van der Waals surface area contributed by atoms with Crippen LogP contribution in [0, 0.1) is 0 Å². The zero-order valence-electron chi connectivity index (χ0n) is 9.71. The third kappa shape index (κ3) is 2.94. The van der Waals surface area contributed by atoms with E-state index in [2.05, 4.69) is 33.1 Å². The average molecular weight is 320 g/mol. The second-order valence-corrected chi connectivity index (χ2v) is 5.61. The first-order valence-corrected chi connectivity index (χ1v) is 6.89. The molecule has 1 aliphatic rings. The van der Waals surface area contributed by atoms with Crippen LogP contribution in [-0.2, 0) is 0 Å². The highest BCUT2D eigenvalue weighted by molar-refractivity contribution is 9.10. The summed E-state index contributed by atoms with van der Waals surface area (Å²) in [6, 6.07) is 3.82.